The molecular formula is C24H27N3O2S. The summed E-state index contributed by atoms with van der Waals surface area (Å²) >= 11 is 5.84. The van der Waals surface area contributed by atoms with Crippen LogP contribution in [0.4, 0.5) is 5.69 Å². The van der Waals surface area contributed by atoms with E-state index in [-0.39, 0.29) is 12.6 Å². The zero-order chi connectivity index (χ0) is 20.9. The van der Waals surface area contributed by atoms with Crippen molar-refractivity contribution >= 4 is 33.8 Å². The summed E-state index contributed by atoms with van der Waals surface area (Å²) < 4.78 is 5.19. The zero-order valence-corrected chi connectivity index (χ0v) is 18.0. The number of aromatic nitrogens is 1. The fourth-order valence-corrected chi connectivity index (χ4v) is 4.41. The molecule has 2 aromatic carbocycles. The highest BCUT2D eigenvalue weighted by atomic mass is 32.1. The van der Waals surface area contributed by atoms with Gasteiger partial charge in [0.2, 0.25) is 0 Å². The number of hydrogen-bond donors (Lipinski definition) is 2. The summed E-state index contributed by atoms with van der Waals surface area (Å²) in [5.41, 5.74) is 4.60. The van der Waals surface area contributed by atoms with E-state index >= 15 is 0 Å². The van der Waals surface area contributed by atoms with Gasteiger partial charge in [0, 0.05) is 61.1 Å². The molecule has 0 radical (unpaired) electrons. The molecule has 1 aromatic heterocycles. The molecule has 0 spiro atoms. The molecule has 1 unspecified atom stereocenters. The van der Waals surface area contributed by atoms with Gasteiger partial charge in [-0.2, -0.15) is 0 Å². The molecule has 0 saturated heterocycles. The van der Waals surface area contributed by atoms with Crippen molar-refractivity contribution in [2.24, 2.45) is 0 Å². The monoisotopic (exact) mass is 421 g/mol. The summed E-state index contributed by atoms with van der Waals surface area (Å²) in [5.74, 6) is 0. The van der Waals surface area contributed by atoms with Crippen LogP contribution >= 0.6 is 12.2 Å². The van der Waals surface area contributed by atoms with Crippen molar-refractivity contribution in [1.29, 1.82) is 0 Å². The average molecular weight is 422 g/mol. The Balaban J connectivity index is 1.60. The van der Waals surface area contributed by atoms with Crippen LogP contribution in [0, 0.1) is 0 Å². The number of methoxy groups -OCH3 is 1. The highest BCUT2D eigenvalue weighted by Gasteiger charge is 2.27. The molecule has 2 N–H and O–H groups in total. The van der Waals surface area contributed by atoms with E-state index < -0.39 is 0 Å². The van der Waals surface area contributed by atoms with Crippen LogP contribution in [0.1, 0.15) is 23.2 Å². The smallest absolute Gasteiger partial charge is 0.174 e. The van der Waals surface area contributed by atoms with E-state index in [0.717, 1.165) is 41.5 Å². The van der Waals surface area contributed by atoms with Gasteiger partial charge in [0.25, 0.3) is 0 Å². The molecule has 1 aliphatic rings. The van der Waals surface area contributed by atoms with E-state index in [0.29, 0.717) is 18.1 Å². The molecule has 2 heterocycles. The van der Waals surface area contributed by atoms with Crippen LogP contribution in [0.3, 0.4) is 0 Å². The summed E-state index contributed by atoms with van der Waals surface area (Å²) in [6.45, 7) is 1.54. The molecule has 0 bridgehead atoms. The molecule has 6 heteroatoms. The molecule has 5 nitrogen and oxygen atoms in total. The second-order valence-corrected chi connectivity index (χ2v) is 8.03. The van der Waals surface area contributed by atoms with Crippen LogP contribution in [-0.4, -0.2) is 46.5 Å². The lowest BCUT2D eigenvalue weighted by atomic mass is 9.93. The van der Waals surface area contributed by atoms with Crippen molar-refractivity contribution in [2.45, 2.75) is 31.8 Å². The van der Waals surface area contributed by atoms with Gasteiger partial charge < -0.3 is 20.1 Å². The molecule has 4 rings (SSSR count). The Kier molecular flexibility index (Phi) is 6.57. The van der Waals surface area contributed by atoms with Crippen molar-refractivity contribution in [3.8, 4) is 0 Å². The number of anilines is 1. The summed E-state index contributed by atoms with van der Waals surface area (Å²) in [6, 6.07) is 16.9. The lowest BCUT2D eigenvalue weighted by molar-refractivity contribution is 0.201. The maximum absolute atomic E-state index is 9.59. The van der Waals surface area contributed by atoms with E-state index in [1.54, 1.807) is 7.11 Å². The third-order valence-corrected chi connectivity index (χ3v) is 6.04. The largest absolute Gasteiger partial charge is 0.396 e. The molecule has 3 aromatic rings. The van der Waals surface area contributed by atoms with Gasteiger partial charge in [0.1, 0.15) is 0 Å². The van der Waals surface area contributed by atoms with E-state index in [1.165, 1.54) is 11.1 Å². The minimum Gasteiger partial charge on any atom is -0.396 e. The van der Waals surface area contributed by atoms with Crippen LogP contribution in [0.15, 0.2) is 54.7 Å². The van der Waals surface area contributed by atoms with E-state index in [2.05, 4.69) is 51.6 Å². The van der Waals surface area contributed by atoms with Crippen molar-refractivity contribution in [3.63, 3.8) is 0 Å². The quantitative estimate of drug-likeness (QED) is 0.588. The first-order valence-corrected chi connectivity index (χ1v) is 10.7. The number of ether oxygens (including phenoxy) is 1. The predicted octanol–water partition coefficient (Wildman–Crippen LogP) is 3.93. The Labute approximate surface area is 182 Å². The fraction of sp³-hybridized carbons (Fsp3) is 0.333. The maximum Gasteiger partial charge on any atom is 0.174 e. The van der Waals surface area contributed by atoms with Gasteiger partial charge >= 0.3 is 0 Å². The summed E-state index contributed by atoms with van der Waals surface area (Å²) in [4.78, 5) is 6.75. The van der Waals surface area contributed by atoms with Crippen LogP contribution < -0.4 is 5.32 Å². The topological polar surface area (TPSA) is 57.6 Å². The summed E-state index contributed by atoms with van der Waals surface area (Å²) in [6.07, 6.45) is 4.25. The number of pyridine rings is 1. The maximum atomic E-state index is 9.59. The molecule has 0 saturated carbocycles. The number of aliphatic hydroxyl groups excluding tert-OH is 1. The second kappa shape index (κ2) is 9.51. The van der Waals surface area contributed by atoms with Crippen LogP contribution in [0.5, 0.6) is 0 Å². The predicted molar refractivity (Wildman–Crippen MR) is 125 cm³/mol. The highest BCUT2D eigenvalue weighted by molar-refractivity contribution is 7.80. The molecule has 0 aliphatic carbocycles. The number of nitrogens with one attached hydrogen (secondary N) is 1. The molecule has 1 aliphatic heterocycles. The van der Waals surface area contributed by atoms with E-state index in [1.807, 2.05) is 18.3 Å². The molecule has 30 heavy (non-hydrogen) atoms. The first kappa shape index (κ1) is 20.7. The molecular weight excluding hydrogens is 394 g/mol. The number of benzene rings is 2. The number of rotatable bonds is 6. The molecule has 156 valence electrons. The minimum absolute atomic E-state index is 0.148. The Morgan fingerprint density at radius 1 is 1.23 bits per heavy atom. The SMILES string of the molecule is COCCc1cc2c(NC(=S)N3Cc4ccccc4CC3CCO)cccc2cn1. The van der Waals surface area contributed by atoms with Gasteiger partial charge in [0.15, 0.2) is 5.11 Å². The third kappa shape index (κ3) is 4.46. The Hall–Kier alpha value is -2.54. The summed E-state index contributed by atoms with van der Waals surface area (Å²) in [7, 11) is 1.70. The normalized spacial score (nSPS) is 15.8. The second-order valence-electron chi connectivity index (χ2n) is 7.64. The van der Waals surface area contributed by atoms with Crippen LogP contribution in [0.25, 0.3) is 10.8 Å². The first-order valence-electron chi connectivity index (χ1n) is 10.3. The van der Waals surface area contributed by atoms with Crippen LogP contribution in [-0.2, 0) is 24.1 Å². The lowest BCUT2D eigenvalue weighted by Gasteiger charge is -2.38. The first-order chi connectivity index (χ1) is 14.7. The van der Waals surface area contributed by atoms with Gasteiger partial charge in [-0.25, -0.2) is 0 Å². The summed E-state index contributed by atoms with van der Waals surface area (Å²) in [5, 5.41) is 15.9. The highest BCUT2D eigenvalue weighted by Crippen LogP contribution is 2.28. The standard InChI is InChI=1S/C24H27N3O2S/c1-29-12-10-20-14-22-18(15-25-20)7-4-8-23(22)26-24(30)27-16-19-6-3-2-5-17(19)13-21(27)9-11-28/h2-8,14-15,21,28H,9-13,16H2,1H3,(H,26,30). The number of aliphatic hydroxyl groups is 1. The van der Waals surface area contributed by atoms with Gasteiger partial charge in [-0.1, -0.05) is 36.4 Å². The average Bonchev–Trinajstić information content (AvgIpc) is 2.77. The lowest BCUT2D eigenvalue weighted by Crippen LogP contribution is -2.46. The number of thiocarbonyl (C=S) groups is 1. The molecule has 0 amide bonds. The van der Waals surface area contributed by atoms with Crippen molar-refractivity contribution in [2.75, 3.05) is 25.6 Å². The minimum atomic E-state index is 0.148. The number of nitrogens with zero attached hydrogens (tertiary/aromatic N) is 2. The zero-order valence-electron chi connectivity index (χ0n) is 17.2. The van der Waals surface area contributed by atoms with Gasteiger partial charge in [-0.15, -0.1) is 0 Å². The van der Waals surface area contributed by atoms with Gasteiger partial charge in [-0.05, 0) is 48.3 Å². The Morgan fingerprint density at radius 3 is 2.87 bits per heavy atom. The van der Waals surface area contributed by atoms with Crippen molar-refractivity contribution < 1.29 is 9.84 Å². The van der Waals surface area contributed by atoms with E-state index in [9.17, 15) is 5.11 Å². The molecule has 1 atom stereocenters. The van der Waals surface area contributed by atoms with E-state index in [4.69, 9.17) is 17.0 Å². The van der Waals surface area contributed by atoms with Gasteiger partial charge in [-0.3, -0.25) is 4.98 Å². The molecule has 0 fully saturated rings. The van der Waals surface area contributed by atoms with Crippen LogP contribution in [0.2, 0.25) is 0 Å². The Bertz CT molecular complexity index is 1040. The van der Waals surface area contributed by atoms with Gasteiger partial charge in [0.05, 0.1) is 6.61 Å². The Morgan fingerprint density at radius 2 is 2.07 bits per heavy atom. The van der Waals surface area contributed by atoms with Crippen molar-refractivity contribution in [3.05, 3.63) is 71.5 Å². The fourth-order valence-electron chi connectivity index (χ4n) is 4.08. The number of fused-ring (bicyclic) bond motifs is 2. The third-order valence-electron chi connectivity index (χ3n) is 5.70. The number of hydrogen-bond acceptors (Lipinski definition) is 4. The van der Waals surface area contributed by atoms with Crippen molar-refractivity contribution in [1.82, 2.24) is 9.88 Å².